The normalized spacial score (nSPS) is 27.5. The van der Waals surface area contributed by atoms with Crippen molar-refractivity contribution in [2.24, 2.45) is 0 Å². The van der Waals surface area contributed by atoms with Gasteiger partial charge < -0.3 is 24.8 Å². The summed E-state index contributed by atoms with van der Waals surface area (Å²) < 4.78 is 10.9. The summed E-state index contributed by atoms with van der Waals surface area (Å²) in [6.45, 7) is 2.50. The zero-order chi connectivity index (χ0) is 15.5. The van der Waals surface area contributed by atoms with Crippen molar-refractivity contribution in [1.29, 1.82) is 0 Å². The van der Waals surface area contributed by atoms with Gasteiger partial charge in [-0.05, 0) is 26.2 Å². The minimum Gasteiger partial charge on any atom is -0.394 e. The van der Waals surface area contributed by atoms with Crippen LogP contribution in [0.15, 0.2) is 12.2 Å². The number of ether oxygens (including phenoxy) is 2. The molecule has 5 nitrogen and oxygen atoms in total. The molecule has 0 saturated carbocycles. The lowest BCUT2D eigenvalue weighted by Gasteiger charge is -2.20. The molecule has 0 aliphatic carbocycles. The highest BCUT2D eigenvalue weighted by Crippen LogP contribution is 2.20. The standard InChI is InChI=1S/C16H30O5/c1-2-3-4-5-6-7-8-9-10-20-14-12-21-16(15(14)19)13(18)11-17/h2-3,13-19H,4-12H2,1H3/b3-2+/t13-,14+,15+,16+/m1/s1. The van der Waals surface area contributed by atoms with Gasteiger partial charge in [0.25, 0.3) is 0 Å². The van der Waals surface area contributed by atoms with E-state index in [9.17, 15) is 10.2 Å². The number of unbranched alkanes of at least 4 members (excludes halogenated alkanes) is 5. The van der Waals surface area contributed by atoms with Gasteiger partial charge in [0.05, 0.1) is 13.2 Å². The Hall–Kier alpha value is -0.460. The fourth-order valence-electron chi connectivity index (χ4n) is 2.50. The molecule has 0 bridgehead atoms. The molecule has 0 aromatic rings. The largest absolute Gasteiger partial charge is 0.394 e. The molecule has 0 unspecified atom stereocenters. The Labute approximate surface area is 127 Å². The summed E-state index contributed by atoms with van der Waals surface area (Å²) >= 11 is 0. The average Bonchev–Trinajstić information content (AvgIpc) is 2.86. The Morgan fingerprint density at radius 1 is 1.24 bits per heavy atom. The number of aliphatic hydroxyl groups excluding tert-OH is 3. The minimum absolute atomic E-state index is 0.270. The Bertz CT molecular complexity index is 282. The summed E-state index contributed by atoms with van der Waals surface area (Å²) in [5.74, 6) is 0. The third-order valence-corrected chi connectivity index (χ3v) is 3.82. The third-order valence-electron chi connectivity index (χ3n) is 3.82. The lowest BCUT2D eigenvalue weighted by atomic mass is 10.1. The van der Waals surface area contributed by atoms with Crippen LogP contribution in [0.25, 0.3) is 0 Å². The topological polar surface area (TPSA) is 79.2 Å². The van der Waals surface area contributed by atoms with Gasteiger partial charge in [-0.25, -0.2) is 0 Å². The number of hydrogen-bond donors (Lipinski definition) is 3. The van der Waals surface area contributed by atoms with E-state index in [0.29, 0.717) is 6.61 Å². The molecule has 4 atom stereocenters. The molecule has 0 aromatic heterocycles. The lowest BCUT2D eigenvalue weighted by molar-refractivity contribution is -0.0730. The molecule has 1 aliphatic rings. The first kappa shape index (κ1) is 18.6. The zero-order valence-electron chi connectivity index (χ0n) is 13.0. The number of hydrogen-bond acceptors (Lipinski definition) is 5. The molecule has 124 valence electrons. The number of rotatable bonds is 11. The molecule has 1 fully saturated rings. The second kappa shape index (κ2) is 11.2. The number of allylic oxidation sites excluding steroid dienone is 2. The van der Waals surface area contributed by atoms with Crippen molar-refractivity contribution >= 4 is 0 Å². The maximum Gasteiger partial charge on any atom is 0.114 e. The van der Waals surface area contributed by atoms with E-state index in [2.05, 4.69) is 12.2 Å². The first-order valence-corrected chi connectivity index (χ1v) is 8.02. The predicted molar refractivity (Wildman–Crippen MR) is 81.1 cm³/mol. The summed E-state index contributed by atoms with van der Waals surface area (Å²) in [4.78, 5) is 0. The van der Waals surface area contributed by atoms with Crippen LogP contribution in [0.1, 0.15) is 45.4 Å². The van der Waals surface area contributed by atoms with Crippen LogP contribution in [0.4, 0.5) is 0 Å². The van der Waals surface area contributed by atoms with Gasteiger partial charge in [0, 0.05) is 6.61 Å². The quantitative estimate of drug-likeness (QED) is 0.397. The van der Waals surface area contributed by atoms with Gasteiger partial charge in [0.15, 0.2) is 0 Å². The molecule has 0 amide bonds. The highest BCUT2D eigenvalue weighted by Gasteiger charge is 2.40. The van der Waals surface area contributed by atoms with Crippen LogP contribution in [0.5, 0.6) is 0 Å². The van der Waals surface area contributed by atoms with E-state index in [4.69, 9.17) is 14.6 Å². The first-order chi connectivity index (χ1) is 10.2. The van der Waals surface area contributed by atoms with Crippen LogP contribution >= 0.6 is 0 Å². The SMILES string of the molecule is C/C=C/CCCCCCCO[C@H]1CO[C@@H]([C@H](O)CO)[C@H]1O. The van der Waals surface area contributed by atoms with Gasteiger partial charge in [0.1, 0.15) is 24.4 Å². The summed E-state index contributed by atoms with van der Waals surface area (Å²) in [5, 5.41) is 28.3. The van der Waals surface area contributed by atoms with Crippen molar-refractivity contribution in [2.45, 2.75) is 69.9 Å². The van der Waals surface area contributed by atoms with Gasteiger partial charge in [0.2, 0.25) is 0 Å². The fraction of sp³-hybridized carbons (Fsp3) is 0.875. The Kier molecular flexibility index (Phi) is 9.87. The highest BCUT2D eigenvalue weighted by atomic mass is 16.6. The molecule has 1 aliphatic heterocycles. The third kappa shape index (κ3) is 6.89. The Morgan fingerprint density at radius 2 is 1.95 bits per heavy atom. The molecular formula is C16H30O5. The lowest BCUT2D eigenvalue weighted by Crippen LogP contribution is -2.41. The smallest absolute Gasteiger partial charge is 0.114 e. The minimum atomic E-state index is -1.05. The second-order valence-electron chi connectivity index (χ2n) is 5.57. The molecule has 21 heavy (non-hydrogen) atoms. The van der Waals surface area contributed by atoms with E-state index < -0.39 is 31.0 Å². The van der Waals surface area contributed by atoms with Crippen LogP contribution in [-0.4, -0.2) is 59.6 Å². The predicted octanol–water partition coefficient (Wildman–Crippen LogP) is 1.40. The van der Waals surface area contributed by atoms with E-state index >= 15 is 0 Å². The molecule has 1 rings (SSSR count). The van der Waals surface area contributed by atoms with Crippen molar-refractivity contribution in [3.63, 3.8) is 0 Å². The van der Waals surface area contributed by atoms with E-state index in [1.165, 1.54) is 19.3 Å². The van der Waals surface area contributed by atoms with Crippen LogP contribution in [-0.2, 0) is 9.47 Å². The monoisotopic (exact) mass is 302 g/mol. The Balaban J connectivity index is 2.01. The van der Waals surface area contributed by atoms with Gasteiger partial charge in [-0.3, -0.25) is 0 Å². The molecule has 5 heteroatoms. The van der Waals surface area contributed by atoms with Gasteiger partial charge in [-0.15, -0.1) is 0 Å². The van der Waals surface area contributed by atoms with Crippen LogP contribution < -0.4 is 0 Å². The van der Waals surface area contributed by atoms with Crippen molar-refractivity contribution in [1.82, 2.24) is 0 Å². The number of aliphatic hydroxyl groups is 3. The van der Waals surface area contributed by atoms with Crippen molar-refractivity contribution in [3.05, 3.63) is 12.2 Å². The maximum atomic E-state index is 9.95. The molecule has 0 radical (unpaired) electrons. The summed E-state index contributed by atoms with van der Waals surface area (Å²) in [6, 6.07) is 0. The van der Waals surface area contributed by atoms with Crippen LogP contribution in [0.2, 0.25) is 0 Å². The van der Waals surface area contributed by atoms with Crippen molar-refractivity contribution in [2.75, 3.05) is 19.8 Å². The van der Waals surface area contributed by atoms with Gasteiger partial charge in [-0.1, -0.05) is 31.4 Å². The van der Waals surface area contributed by atoms with Gasteiger partial charge >= 0.3 is 0 Å². The van der Waals surface area contributed by atoms with Crippen molar-refractivity contribution < 1.29 is 24.8 Å². The first-order valence-electron chi connectivity index (χ1n) is 8.02. The van der Waals surface area contributed by atoms with Crippen LogP contribution in [0.3, 0.4) is 0 Å². The average molecular weight is 302 g/mol. The Morgan fingerprint density at radius 3 is 2.67 bits per heavy atom. The van der Waals surface area contributed by atoms with E-state index in [1.807, 2.05) is 6.92 Å². The van der Waals surface area contributed by atoms with E-state index in [1.54, 1.807) is 0 Å². The molecule has 1 heterocycles. The molecule has 1 saturated heterocycles. The van der Waals surface area contributed by atoms with E-state index in [0.717, 1.165) is 19.3 Å². The summed E-state index contributed by atoms with van der Waals surface area (Å²) in [7, 11) is 0. The zero-order valence-corrected chi connectivity index (χ0v) is 13.0. The summed E-state index contributed by atoms with van der Waals surface area (Å²) in [6.07, 6.45) is 8.17. The van der Waals surface area contributed by atoms with Gasteiger partial charge in [-0.2, -0.15) is 0 Å². The molecule has 0 aromatic carbocycles. The maximum absolute atomic E-state index is 9.95. The second-order valence-corrected chi connectivity index (χ2v) is 5.57. The van der Waals surface area contributed by atoms with Crippen molar-refractivity contribution in [3.8, 4) is 0 Å². The summed E-state index contributed by atoms with van der Waals surface area (Å²) in [5.41, 5.74) is 0. The molecular weight excluding hydrogens is 272 g/mol. The fourth-order valence-corrected chi connectivity index (χ4v) is 2.50. The highest BCUT2D eigenvalue weighted by molar-refractivity contribution is 4.88. The van der Waals surface area contributed by atoms with Crippen LogP contribution in [0, 0.1) is 0 Å². The van der Waals surface area contributed by atoms with E-state index in [-0.39, 0.29) is 6.61 Å². The molecule has 3 N–H and O–H groups in total. The molecule has 0 spiro atoms.